The van der Waals surface area contributed by atoms with Crippen molar-refractivity contribution in [3.8, 4) is 0 Å². The number of hydrogen-bond acceptors (Lipinski definition) is 3. The number of rotatable bonds is 5. The number of nitro benzene ring substituents is 1. The average molecular weight is 288 g/mol. The topological polar surface area (TPSA) is 72.2 Å². The van der Waals surface area contributed by atoms with Crippen molar-refractivity contribution in [2.24, 2.45) is 0 Å². The predicted octanol–water partition coefficient (Wildman–Crippen LogP) is 2.71. The van der Waals surface area contributed by atoms with Crippen molar-refractivity contribution < 1.29 is 14.1 Å². The van der Waals surface area contributed by atoms with Crippen LogP contribution >= 0.6 is 0 Å². The zero-order valence-corrected chi connectivity index (χ0v) is 11.1. The van der Waals surface area contributed by atoms with E-state index in [-0.39, 0.29) is 17.1 Å². The largest absolute Gasteiger partial charge is 0.351 e. The smallest absolute Gasteiger partial charge is 0.282 e. The molecule has 0 unspecified atom stereocenters. The van der Waals surface area contributed by atoms with Gasteiger partial charge in [0.05, 0.1) is 4.92 Å². The molecule has 0 saturated heterocycles. The standard InChI is InChI=1S/C15H13FN2O3/c16-12-7-5-11(6-8-12)9-10-17-15(19)13-3-1-2-4-14(13)18(20)21/h1-8H,9-10H2,(H,17,19). The van der Waals surface area contributed by atoms with E-state index in [1.54, 1.807) is 18.2 Å². The van der Waals surface area contributed by atoms with Crippen LogP contribution in [-0.2, 0) is 6.42 Å². The summed E-state index contributed by atoms with van der Waals surface area (Å²) < 4.78 is 12.7. The van der Waals surface area contributed by atoms with Gasteiger partial charge in [-0.1, -0.05) is 24.3 Å². The first-order chi connectivity index (χ1) is 10.1. The number of nitrogens with one attached hydrogen (secondary N) is 1. The third-order valence-corrected chi connectivity index (χ3v) is 2.96. The molecule has 0 atom stereocenters. The molecule has 2 aromatic carbocycles. The molecule has 0 aromatic heterocycles. The Bertz CT molecular complexity index is 656. The third-order valence-electron chi connectivity index (χ3n) is 2.96. The molecule has 0 saturated carbocycles. The van der Waals surface area contributed by atoms with Gasteiger partial charge in [-0.25, -0.2) is 4.39 Å². The number of benzene rings is 2. The summed E-state index contributed by atoms with van der Waals surface area (Å²) >= 11 is 0. The number of nitro groups is 1. The lowest BCUT2D eigenvalue weighted by Crippen LogP contribution is -2.26. The maximum Gasteiger partial charge on any atom is 0.282 e. The Kier molecular flexibility index (Phi) is 4.61. The Balaban J connectivity index is 1.96. The Labute approximate surface area is 120 Å². The molecule has 0 heterocycles. The molecule has 0 aliphatic carbocycles. The highest BCUT2D eigenvalue weighted by atomic mass is 19.1. The van der Waals surface area contributed by atoms with Crippen molar-refractivity contribution in [1.82, 2.24) is 5.32 Å². The maximum absolute atomic E-state index is 12.7. The van der Waals surface area contributed by atoms with E-state index in [4.69, 9.17) is 0 Å². The van der Waals surface area contributed by atoms with Gasteiger partial charge in [-0.3, -0.25) is 14.9 Å². The van der Waals surface area contributed by atoms with Gasteiger partial charge in [-0.2, -0.15) is 0 Å². The van der Waals surface area contributed by atoms with Crippen LogP contribution in [0.15, 0.2) is 48.5 Å². The Morgan fingerprint density at radius 1 is 1.14 bits per heavy atom. The molecule has 5 nitrogen and oxygen atoms in total. The zero-order chi connectivity index (χ0) is 15.2. The lowest BCUT2D eigenvalue weighted by atomic mass is 10.1. The number of hydrogen-bond donors (Lipinski definition) is 1. The first-order valence-electron chi connectivity index (χ1n) is 6.34. The molecule has 0 aliphatic heterocycles. The summed E-state index contributed by atoms with van der Waals surface area (Å²) in [5.41, 5.74) is 0.678. The number of halogens is 1. The highest BCUT2D eigenvalue weighted by Gasteiger charge is 2.18. The summed E-state index contributed by atoms with van der Waals surface area (Å²) in [6.45, 7) is 0.316. The van der Waals surface area contributed by atoms with E-state index in [1.807, 2.05) is 0 Å². The molecule has 1 amide bonds. The molecule has 0 radical (unpaired) electrons. The summed E-state index contributed by atoms with van der Waals surface area (Å²) in [6, 6.07) is 11.7. The number of carbonyl (C=O) groups excluding carboxylic acids is 1. The van der Waals surface area contributed by atoms with Gasteiger partial charge in [0.2, 0.25) is 0 Å². The minimum atomic E-state index is -0.588. The van der Waals surface area contributed by atoms with Crippen LogP contribution < -0.4 is 5.32 Å². The first kappa shape index (κ1) is 14.6. The van der Waals surface area contributed by atoms with Gasteiger partial charge in [0, 0.05) is 12.6 Å². The Hall–Kier alpha value is -2.76. The molecule has 0 spiro atoms. The SMILES string of the molecule is O=C(NCCc1ccc(F)cc1)c1ccccc1[N+](=O)[O-]. The van der Waals surface area contributed by atoms with E-state index < -0.39 is 10.8 Å². The van der Waals surface area contributed by atoms with Crippen LogP contribution in [0, 0.1) is 15.9 Å². The van der Waals surface area contributed by atoms with Crippen molar-refractivity contribution in [2.75, 3.05) is 6.54 Å². The number of nitrogens with zero attached hydrogens (tertiary/aromatic N) is 1. The Morgan fingerprint density at radius 3 is 2.48 bits per heavy atom. The van der Waals surface area contributed by atoms with Crippen LogP contribution in [-0.4, -0.2) is 17.4 Å². The second kappa shape index (κ2) is 6.60. The van der Waals surface area contributed by atoms with Gasteiger partial charge in [0.25, 0.3) is 11.6 Å². The van der Waals surface area contributed by atoms with Crippen molar-refractivity contribution in [3.05, 3.63) is 75.6 Å². The van der Waals surface area contributed by atoms with E-state index in [1.165, 1.54) is 30.3 Å². The second-order valence-electron chi connectivity index (χ2n) is 4.41. The van der Waals surface area contributed by atoms with E-state index in [0.29, 0.717) is 13.0 Å². The molecule has 1 N–H and O–H groups in total. The predicted molar refractivity (Wildman–Crippen MR) is 75.5 cm³/mol. The van der Waals surface area contributed by atoms with E-state index in [0.717, 1.165) is 5.56 Å². The lowest BCUT2D eigenvalue weighted by Gasteiger charge is -2.06. The number of amides is 1. The highest BCUT2D eigenvalue weighted by Crippen LogP contribution is 2.17. The van der Waals surface area contributed by atoms with Crippen molar-refractivity contribution >= 4 is 11.6 Å². The van der Waals surface area contributed by atoms with Gasteiger partial charge < -0.3 is 5.32 Å². The monoisotopic (exact) mass is 288 g/mol. The van der Waals surface area contributed by atoms with Crippen LogP contribution in [0.3, 0.4) is 0 Å². The fraction of sp³-hybridized carbons (Fsp3) is 0.133. The molecule has 6 heteroatoms. The highest BCUT2D eigenvalue weighted by molar-refractivity contribution is 5.98. The molecule has 0 bridgehead atoms. The minimum absolute atomic E-state index is 0.0293. The van der Waals surface area contributed by atoms with E-state index in [9.17, 15) is 19.3 Å². The average Bonchev–Trinajstić information content (AvgIpc) is 2.49. The lowest BCUT2D eigenvalue weighted by molar-refractivity contribution is -0.385. The maximum atomic E-state index is 12.7. The summed E-state index contributed by atoms with van der Waals surface area (Å²) in [5.74, 6) is -0.813. The van der Waals surface area contributed by atoms with Crippen molar-refractivity contribution in [2.45, 2.75) is 6.42 Å². The third kappa shape index (κ3) is 3.85. The van der Waals surface area contributed by atoms with Gasteiger partial charge in [-0.05, 0) is 30.2 Å². The first-order valence-corrected chi connectivity index (χ1v) is 6.34. The summed E-state index contributed by atoms with van der Waals surface area (Å²) in [5, 5.41) is 13.5. The van der Waals surface area contributed by atoms with Gasteiger partial charge in [0.1, 0.15) is 11.4 Å². The molecule has 21 heavy (non-hydrogen) atoms. The number of para-hydroxylation sites is 1. The van der Waals surface area contributed by atoms with Gasteiger partial charge in [-0.15, -0.1) is 0 Å². The molecular formula is C15H13FN2O3. The van der Waals surface area contributed by atoms with E-state index in [2.05, 4.69) is 5.32 Å². The van der Waals surface area contributed by atoms with Crippen LogP contribution in [0.2, 0.25) is 0 Å². The molecule has 108 valence electrons. The fourth-order valence-corrected chi connectivity index (χ4v) is 1.89. The van der Waals surface area contributed by atoms with Crippen LogP contribution in [0.25, 0.3) is 0 Å². The van der Waals surface area contributed by atoms with Gasteiger partial charge in [0.15, 0.2) is 0 Å². The fourth-order valence-electron chi connectivity index (χ4n) is 1.89. The van der Waals surface area contributed by atoms with Crippen LogP contribution in [0.1, 0.15) is 15.9 Å². The summed E-state index contributed by atoms with van der Waals surface area (Å²) in [4.78, 5) is 22.2. The van der Waals surface area contributed by atoms with Crippen LogP contribution in [0.4, 0.5) is 10.1 Å². The zero-order valence-electron chi connectivity index (χ0n) is 11.1. The van der Waals surface area contributed by atoms with Crippen molar-refractivity contribution in [1.29, 1.82) is 0 Å². The molecule has 0 aliphatic rings. The summed E-state index contributed by atoms with van der Waals surface area (Å²) in [6.07, 6.45) is 0.520. The molecular weight excluding hydrogens is 275 g/mol. The molecule has 2 rings (SSSR count). The quantitative estimate of drug-likeness (QED) is 0.679. The Morgan fingerprint density at radius 2 is 1.81 bits per heavy atom. The molecule has 2 aromatic rings. The van der Waals surface area contributed by atoms with Gasteiger partial charge >= 0.3 is 0 Å². The second-order valence-corrected chi connectivity index (χ2v) is 4.41. The van der Waals surface area contributed by atoms with Crippen LogP contribution in [0.5, 0.6) is 0 Å². The number of carbonyl (C=O) groups is 1. The van der Waals surface area contributed by atoms with Crippen molar-refractivity contribution in [3.63, 3.8) is 0 Å². The van der Waals surface area contributed by atoms with E-state index >= 15 is 0 Å². The normalized spacial score (nSPS) is 10.1. The summed E-state index contributed by atoms with van der Waals surface area (Å²) in [7, 11) is 0. The minimum Gasteiger partial charge on any atom is -0.351 e. The molecule has 0 fully saturated rings.